The summed E-state index contributed by atoms with van der Waals surface area (Å²) in [4.78, 5) is 12.6. The number of aliphatic hydroxyl groups excluding tert-OH is 1. The Bertz CT molecular complexity index is 814. The van der Waals surface area contributed by atoms with Crippen molar-refractivity contribution < 1.29 is 9.90 Å². The van der Waals surface area contributed by atoms with Gasteiger partial charge in [0.1, 0.15) is 6.29 Å². The molecule has 0 heterocycles. The van der Waals surface area contributed by atoms with Crippen LogP contribution in [0.1, 0.15) is 106 Å². The summed E-state index contributed by atoms with van der Waals surface area (Å²) in [6.45, 7) is 19.2. The molecule has 0 bridgehead atoms. The first-order chi connectivity index (χ1) is 14.9. The van der Waals surface area contributed by atoms with Crippen LogP contribution in [0.4, 0.5) is 0 Å². The highest BCUT2D eigenvalue weighted by Crippen LogP contribution is 2.77. The molecule has 5 aliphatic rings. The second-order valence-corrected chi connectivity index (χ2v) is 14.4. The molecule has 1 N–H and O–H groups in total. The Morgan fingerprint density at radius 3 is 2.22 bits per heavy atom. The lowest BCUT2D eigenvalue weighted by molar-refractivity contribution is -0.245. The molecule has 10 atom stereocenters. The van der Waals surface area contributed by atoms with E-state index >= 15 is 0 Å². The molecule has 32 heavy (non-hydrogen) atoms. The number of rotatable bonds is 2. The van der Waals surface area contributed by atoms with Crippen molar-refractivity contribution in [2.75, 3.05) is 0 Å². The fourth-order valence-electron chi connectivity index (χ4n) is 11.4. The van der Waals surface area contributed by atoms with E-state index < -0.39 is 0 Å². The van der Waals surface area contributed by atoms with Crippen LogP contribution in [0.15, 0.2) is 12.2 Å². The molecule has 0 aromatic rings. The summed E-state index contributed by atoms with van der Waals surface area (Å²) in [6.07, 6.45) is 13.1. The minimum atomic E-state index is -0.158. The summed E-state index contributed by atoms with van der Waals surface area (Å²) in [6, 6.07) is 0. The Labute approximate surface area is 197 Å². The van der Waals surface area contributed by atoms with Gasteiger partial charge in [-0.15, -0.1) is 0 Å². The largest absolute Gasteiger partial charge is 0.393 e. The van der Waals surface area contributed by atoms with Gasteiger partial charge in [0, 0.05) is 5.41 Å². The molecule has 0 aliphatic heterocycles. The van der Waals surface area contributed by atoms with Gasteiger partial charge in [0.05, 0.1) is 6.10 Å². The zero-order chi connectivity index (χ0) is 23.3. The van der Waals surface area contributed by atoms with Crippen LogP contribution in [-0.4, -0.2) is 17.5 Å². The van der Waals surface area contributed by atoms with Gasteiger partial charge in [-0.05, 0) is 122 Å². The van der Waals surface area contributed by atoms with Gasteiger partial charge in [-0.2, -0.15) is 0 Å². The van der Waals surface area contributed by atoms with E-state index in [-0.39, 0.29) is 16.9 Å². The Balaban J connectivity index is 1.56. The van der Waals surface area contributed by atoms with Crippen LogP contribution in [0.2, 0.25) is 0 Å². The predicted octanol–water partition coefficient (Wildman–Crippen LogP) is 7.20. The minimum absolute atomic E-state index is 0.0157. The maximum Gasteiger partial charge on any atom is 0.126 e. The maximum absolute atomic E-state index is 12.6. The van der Waals surface area contributed by atoms with Gasteiger partial charge in [-0.3, -0.25) is 0 Å². The Morgan fingerprint density at radius 2 is 1.56 bits per heavy atom. The number of fused-ring (bicyclic) bond motifs is 7. The molecular formula is C30H48O2. The molecule has 0 aromatic heterocycles. The molecule has 5 aliphatic carbocycles. The zero-order valence-corrected chi connectivity index (χ0v) is 21.7. The molecule has 6 unspecified atom stereocenters. The lowest BCUT2D eigenvalue weighted by Gasteiger charge is -2.72. The molecule has 5 rings (SSSR count). The Kier molecular flexibility index (Phi) is 5.03. The summed E-state index contributed by atoms with van der Waals surface area (Å²) in [5.41, 5.74) is 2.20. The van der Waals surface area contributed by atoms with E-state index in [0.717, 1.165) is 31.6 Å². The molecule has 5 fully saturated rings. The number of hydrogen-bond acceptors (Lipinski definition) is 2. The van der Waals surface area contributed by atoms with Crippen molar-refractivity contribution >= 4 is 6.29 Å². The first-order valence-electron chi connectivity index (χ1n) is 13.7. The number of carbonyl (C=O) groups excluding carboxylic acids is 1. The van der Waals surface area contributed by atoms with Crippen LogP contribution in [0.5, 0.6) is 0 Å². The summed E-state index contributed by atoms with van der Waals surface area (Å²) >= 11 is 0. The molecule has 5 saturated carbocycles. The molecule has 2 heteroatoms. The van der Waals surface area contributed by atoms with Gasteiger partial charge in [0.25, 0.3) is 0 Å². The average Bonchev–Trinajstić information content (AvgIpc) is 3.12. The predicted molar refractivity (Wildman–Crippen MR) is 131 cm³/mol. The van der Waals surface area contributed by atoms with Crippen LogP contribution in [-0.2, 0) is 4.79 Å². The van der Waals surface area contributed by atoms with Crippen molar-refractivity contribution in [1.82, 2.24) is 0 Å². The van der Waals surface area contributed by atoms with E-state index in [0.29, 0.717) is 39.9 Å². The van der Waals surface area contributed by atoms with Crippen molar-refractivity contribution in [2.45, 2.75) is 112 Å². The van der Waals surface area contributed by atoms with Crippen molar-refractivity contribution in [3.05, 3.63) is 12.2 Å². The highest BCUT2D eigenvalue weighted by atomic mass is 16.3. The van der Waals surface area contributed by atoms with Crippen LogP contribution < -0.4 is 0 Å². The van der Waals surface area contributed by atoms with E-state index in [9.17, 15) is 9.90 Å². The number of hydrogen-bond donors (Lipinski definition) is 1. The number of allylic oxidation sites excluding steroid dienone is 1. The maximum atomic E-state index is 12.6. The number of aliphatic hydroxyl groups is 1. The highest BCUT2D eigenvalue weighted by molar-refractivity contribution is 5.62. The van der Waals surface area contributed by atoms with E-state index in [1.807, 2.05) is 0 Å². The Hall–Kier alpha value is -0.630. The average molecular weight is 441 g/mol. The van der Waals surface area contributed by atoms with E-state index in [2.05, 4.69) is 48.1 Å². The normalized spacial score (nSPS) is 56.3. The molecular weight excluding hydrogens is 392 g/mol. The quantitative estimate of drug-likeness (QED) is 0.364. The zero-order valence-electron chi connectivity index (χ0n) is 21.7. The van der Waals surface area contributed by atoms with E-state index in [1.165, 1.54) is 50.4 Å². The van der Waals surface area contributed by atoms with Crippen LogP contribution >= 0.6 is 0 Å². The van der Waals surface area contributed by atoms with Crippen LogP contribution in [0, 0.1) is 56.7 Å². The summed E-state index contributed by atoms with van der Waals surface area (Å²) in [5.74, 6) is 3.03. The first kappa shape index (κ1) is 23.1. The van der Waals surface area contributed by atoms with Crippen LogP contribution in [0.25, 0.3) is 0 Å². The van der Waals surface area contributed by atoms with Gasteiger partial charge in [-0.25, -0.2) is 0 Å². The van der Waals surface area contributed by atoms with Gasteiger partial charge >= 0.3 is 0 Å². The summed E-state index contributed by atoms with van der Waals surface area (Å²) < 4.78 is 0. The standard InChI is InChI=1S/C30H48O2/c1-19(2)20-10-15-30(18-31)17-16-28(6)21(25(20)30)8-9-23-27(5)13-12-24(32)26(3,4)22(27)11-14-29(23,28)7/h18,20-25,32H,1,8-17H2,2-7H3/t20?,21?,22?,23?,24?,25?,27-,28+,29+,30+/m0/s1. The fraction of sp³-hybridized carbons (Fsp3) is 0.900. The van der Waals surface area contributed by atoms with Gasteiger partial charge in [-0.1, -0.05) is 46.8 Å². The molecule has 0 aromatic carbocycles. The fourth-order valence-corrected chi connectivity index (χ4v) is 11.4. The topological polar surface area (TPSA) is 37.3 Å². The molecule has 0 amide bonds. The monoisotopic (exact) mass is 440 g/mol. The minimum Gasteiger partial charge on any atom is -0.393 e. The lowest BCUT2D eigenvalue weighted by Crippen LogP contribution is -2.66. The molecule has 180 valence electrons. The van der Waals surface area contributed by atoms with Gasteiger partial charge in [0.2, 0.25) is 0 Å². The smallest absolute Gasteiger partial charge is 0.126 e. The van der Waals surface area contributed by atoms with Gasteiger partial charge in [0.15, 0.2) is 0 Å². The highest BCUT2D eigenvalue weighted by Gasteiger charge is 2.70. The molecule has 0 spiro atoms. The molecule has 0 radical (unpaired) electrons. The second kappa shape index (κ2) is 6.96. The van der Waals surface area contributed by atoms with Gasteiger partial charge < -0.3 is 9.90 Å². The second-order valence-electron chi connectivity index (χ2n) is 14.4. The third-order valence-electron chi connectivity index (χ3n) is 13.3. The summed E-state index contributed by atoms with van der Waals surface area (Å²) in [5, 5.41) is 10.9. The molecule has 0 saturated heterocycles. The third-order valence-corrected chi connectivity index (χ3v) is 13.3. The summed E-state index contributed by atoms with van der Waals surface area (Å²) in [7, 11) is 0. The van der Waals surface area contributed by atoms with E-state index in [4.69, 9.17) is 0 Å². The first-order valence-corrected chi connectivity index (χ1v) is 13.7. The lowest BCUT2D eigenvalue weighted by atomic mass is 9.32. The van der Waals surface area contributed by atoms with Crippen molar-refractivity contribution in [1.29, 1.82) is 0 Å². The SMILES string of the molecule is C=C(C)C1CC[C@]2(C=O)CC[C@]3(C)C(CCC4[C@@]5(C)CCC(O)C(C)(C)C5CC[C@]43C)C12. The number of carbonyl (C=O) groups is 1. The van der Waals surface area contributed by atoms with E-state index in [1.54, 1.807) is 0 Å². The third kappa shape index (κ3) is 2.60. The van der Waals surface area contributed by atoms with Crippen molar-refractivity contribution in [3.8, 4) is 0 Å². The van der Waals surface area contributed by atoms with Crippen molar-refractivity contribution in [2.24, 2.45) is 56.7 Å². The van der Waals surface area contributed by atoms with Crippen LogP contribution in [0.3, 0.4) is 0 Å². The molecule has 2 nitrogen and oxygen atoms in total. The van der Waals surface area contributed by atoms with Crippen molar-refractivity contribution in [3.63, 3.8) is 0 Å². The number of aldehydes is 1. The Morgan fingerprint density at radius 1 is 0.844 bits per heavy atom.